The second-order valence-electron chi connectivity index (χ2n) is 7.64. The van der Waals surface area contributed by atoms with Gasteiger partial charge in [-0.05, 0) is 36.8 Å². The number of benzene rings is 2. The smallest absolute Gasteiger partial charge is 0.251 e. The molecule has 2 heterocycles. The molecule has 2 aromatic carbocycles. The van der Waals surface area contributed by atoms with Crippen molar-refractivity contribution in [1.82, 2.24) is 15.2 Å². The third kappa shape index (κ3) is 6.13. The van der Waals surface area contributed by atoms with Crippen LogP contribution in [0.15, 0.2) is 59.4 Å². The van der Waals surface area contributed by atoms with Gasteiger partial charge in [0, 0.05) is 30.6 Å². The van der Waals surface area contributed by atoms with Gasteiger partial charge in [0.1, 0.15) is 12.4 Å². The van der Waals surface area contributed by atoms with Crippen LogP contribution in [-0.4, -0.2) is 48.6 Å². The zero-order valence-corrected chi connectivity index (χ0v) is 18.4. The average molecular weight is 438 g/mol. The van der Waals surface area contributed by atoms with Crippen molar-refractivity contribution in [2.24, 2.45) is 0 Å². The molecule has 1 aliphatic rings. The summed E-state index contributed by atoms with van der Waals surface area (Å²) in [6.07, 6.45) is 0. The maximum absolute atomic E-state index is 13.0. The van der Waals surface area contributed by atoms with Gasteiger partial charge in [0.05, 0.1) is 30.5 Å². The lowest BCUT2D eigenvalue weighted by atomic mass is 10.0. The number of morpholine rings is 1. The molecule has 0 radical (unpaired) electrons. The van der Waals surface area contributed by atoms with Crippen molar-refractivity contribution < 1.29 is 14.3 Å². The van der Waals surface area contributed by atoms with Crippen molar-refractivity contribution in [2.45, 2.75) is 19.6 Å². The number of thiazole rings is 1. The molecule has 31 heavy (non-hydrogen) atoms. The van der Waals surface area contributed by atoms with Gasteiger partial charge in [-0.1, -0.05) is 29.8 Å². The van der Waals surface area contributed by atoms with E-state index < -0.39 is 0 Å². The Hall–Kier alpha value is -2.74. The molecule has 0 spiro atoms. The van der Waals surface area contributed by atoms with Crippen LogP contribution < -0.4 is 10.1 Å². The maximum Gasteiger partial charge on any atom is 0.251 e. The van der Waals surface area contributed by atoms with E-state index >= 15 is 0 Å². The Morgan fingerprint density at radius 2 is 1.90 bits per heavy atom. The van der Waals surface area contributed by atoms with Gasteiger partial charge in [0.15, 0.2) is 0 Å². The van der Waals surface area contributed by atoms with Crippen LogP contribution >= 0.6 is 11.3 Å². The molecular formula is C24H27N3O3S. The van der Waals surface area contributed by atoms with Crippen molar-refractivity contribution in [3.05, 3.63) is 81.8 Å². The van der Waals surface area contributed by atoms with Gasteiger partial charge in [-0.15, -0.1) is 11.3 Å². The summed E-state index contributed by atoms with van der Waals surface area (Å²) in [4.78, 5) is 19.5. The molecule has 3 aromatic rings. The Bertz CT molecular complexity index is 953. The van der Waals surface area contributed by atoms with Gasteiger partial charge in [-0.3, -0.25) is 9.69 Å². The molecule has 4 rings (SSSR count). The molecule has 1 aromatic heterocycles. The lowest BCUT2D eigenvalue weighted by Gasteiger charge is -2.31. The van der Waals surface area contributed by atoms with Gasteiger partial charge >= 0.3 is 0 Å². The predicted molar refractivity (Wildman–Crippen MR) is 122 cm³/mol. The van der Waals surface area contributed by atoms with Crippen LogP contribution in [0.3, 0.4) is 0 Å². The van der Waals surface area contributed by atoms with Crippen LogP contribution in [0.25, 0.3) is 0 Å². The van der Waals surface area contributed by atoms with E-state index in [9.17, 15) is 4.79 Å². The second kappa shape index (κ2) is 10.5. The van der Waals surface area contributed by atoms with Gasteiger partial charge < -0.3 is 14.8 Å². The first-order chi connectivity index (χ1) is 15.2. The normalized spacial score (nSPS) is 15.4. The third-order valence-corrected chi connectivity index (χ3v) is 5.95. The number of nitrogens with zero attached hydrogens (tertiary/aromatic N) is 2. The zero-order chi connectivity index (χ0) is 21.5. The number of aryl methyl sites for hydroxylation is 1. The summed E-state index contributed by atoms with van der Waals surface area (Å²) in [6.45, 7) is 6.47. The molecule has 0 saturated carbocycles. The Morgan fingerprint density at radius 3 is 2.58 bits per heavy atom. The van der Waals surface area contributed by atoms with Crippen LogP contribution in [0.2, 0.25) is 0 Å². The van der Waals surface area contributed by atoms with E-state index in [4.69, 9.17) is 9.47 Å². The Labute approximate surface area is 186 Å². The summed E-state index contributed by atoms with van der Waals surface area (Å²) in [5.74, 6) is 0.623. The molecule has 1 N–H and O–H groups in total. The molecule has 1 saturated heterocycles. The zero-order valence-electron chi connectivity index (χ0n) is 17.6. The minimum Gasteiger partial charge on any atom is -0.487 e. The molecule has 162 valence electrons. The molecule has 1 amide bonds. The summed E-state index contributed by atoms with van der Waals surface area (Å²) in [7, 11) is 0. The van der Waals surface area contributed by atoms with Gasteiger partial charge in [0.2, 0.25) is 0 Å². The summed E-state index contributed by atoms with van der Waals surface area (Å²) < 4.78 is 11.2. The first-order valence-corrected chi connectivity index (χ1v) is 11.4. The highest BCUT2D eigenvalue weighted by Crippen LogP contribution is 2.19. The van der Waals surface area contributed by atoms with Crippen LogP contribution in [-0.2, 0) is 11.3 Å². The maximum atomic E-state index is 13.0. The van der Waals surface area contributed by atoms with E-state index in [1.54, 1.807) is 29.0 Å². The minimum absolute atomic E-state index is 0.0909. The molecule has 1 fully saturated rings. The third-order valence-electron chi connectivity index (χ3n) is 5.32. The van der Waals surface area contributed by atoms with E-state index in [0.29, 0.717) is 17.9 Å². The Kier molecular flexibility index (Phi) is 7.30. The van der Waals surface area contributed by atoms with Crippen LogP contribution in [0.1, 0.15) is 33.2 Å². The van der Waals surface area contributed by atoms with E-state index in [1.807, 2.05) is 17.5 Å². The lowest BCUT2D eigenvalue weighted by Crippen LogP contribution is -2.43. The first kappa shape index (κ1) is 21.5. The minimum atomic E-state index is -0.0927. The summed E-state index contributed by atoms with van der Waals surface area (Å²) in [5.41, 5.74) is 5.60. The first-order valence-electron chi connectivity index (χ1n) is 10.4. The van der Waals surface area contributed by atoms with Crippen LogP contribution in [0.4, 0.5) is 0 Å². The van der Waals surface area contributed by atoms with Crippen LogP contribution in [0.5, 0.6) is 5.75 Å². The van der Waals surface area contributed by atoms with E-state index in [2.05, 4.69) is 46.4 Å². The van der Waals surface area contributed by atoms with Crippen molar-refractivity contribution in [3.63, 3.8) is 0 Å². The number of hydrogen-bond acceptors (Lipinski definition) is 6. The van der Waals surface area contributed by atoms with Crippen molar-refractivity contribution in [1.29, 1.82) is 0 Å². The molecule has 1 atom stereocenters. The number of carbonyl (C=O) groups excluding carboxylic acids is 1. The lowest BCUT2D eigenvalue weighted by molar-refractivity contribution is 0.0332. The molecule has 6 nitrogen and oxygen atoms in total. The van der Waals surface area contributed by atoms with Gasteiger partial charge in [-0.2, -0.15) is 0 Å². The van der Waals surface area contributed by atoms with E-state index in [1.165, 1.54) is 5.56 Å². The number of nitrogens with one attached hydrogen (secondary N) is 1. The average Bonchev–Trinajstić information content (AvgIpc) is 3.32. The largest absolute Gasteiger partial charge is 0.487 e. The molecule has 1 aliphatic heterocycles. The fourth-order valence-corrected chi connectivity index (χ4v) is 4.03. The number of hydrogen-bond donors (Lipinski definition) is 1. The van der Waals surface area contributed by atoms with Crippen LogP contribution in [0, 0.1) is 6.92 Å². The molecule has 7 heteroatoms. The Morgan fingerprint density at radius 1 is 1.16 bits per heavy atom. The highest BCUT2D eigenvalue weighted by molar-refractivity contribution is 7.07. The van der Waals surface area contributed by atoms with Crippen molar-refractivity contribution >= 4 is 17.2 Å². The quantitative estimate of drug-likeness (QED) is 0.580. The van der Waals surface area contributed by atoms with E-state index in [0.717, 1.165) is 44.1 Å². The number of amides is 1. The standard InChI is InChI=1S/C24H27N3O3S/c1-18-2-4-19(5-3-18)23(14-27-10-12-29-13-11-27)26-24(28)20-6-8-22(9-7-20)30-15-21-16-31-17-25-21/h2-9,16-17,23H,10-15H2,1H3,(H,26,28)/t23-/m1/s1. The number of carbonyl (C=O) groups is 1. The topological polar surface area (TPSA) is 63.7 Å². The predicted octanol–water partition coefficient (Wildman–Crippen LogP) is 3.83. The second-order valence-corrected chi connectivity index (χ2v) is 8.36. The van der Waals surface area contributed by atoms with E-state index in [-0.39, 0.29) is 11.9 Å². The Balaban J connectivity index is 1.41. The molecular weight excluding hydrogens is 410 g/mol. The highest BCUT2D eigenvalue weighted by atomic mass is 32.1. The fourth-order valence-electron chi connectivity index (χ4n) is 3.49. The number of rotatable bonds is 8. The molecule has 0 bridgehead atoms. The highest BCUT2D eigenvalue weighted by Gasteiger charge is 2.21. The number of ether oxygens (including phenoxy) is 2. The van der Waals surface area contributed by atoms with Crippen molar-refractivity contribution in [3.8, 4) is 5.75 Å². The summed E-state index contributed by atoms with van der Waals surface area (Å²) in [6, 6.07) is 15.5. The van der Waals surface area contributed by atoms with Crippen molar-refractivity contribution in [2.75, 3.05) is 32.8 Å². The fraction of sp³-hybridized carbons (Fsp3) is 0.333. The molecule has 0 unspecified atom stereocenters. The monoisotopic (exact) mass is 437 g/mol. The number of aromatic nitrogens is 1. The van der Waals surface area contributed by atoms with Gasteiger partial charge in [0.25, 0.3) is 5.91 Å². The molecule has 0 aliphatic carbocycles. The summed E-state index contributed by atoms with van der Waals surface area (Å²) in [5, 5.41) is 5.18. The SMILES string of the molecule is Cc1ccc([C@@H](CN2CCOCC2)NC(=O)c2ccc(OCc3cscn3)cc2)cc1. The van der Waals surface area contributed by atoms with Gasteiger partial charge in [-0.25, -0.2) is 4.98 Å². The summed E-state index contributed by atoms with van der Waals surface area (Å²) >= 11 is 1.54.